The highest BCUT2D eigenvalue weighted by atomic mass is 32.2. The van der Waals surface area contributed by atoms with Crippen LogP contribution in [0.15, 0.2) is 42.5 Å². The Morgan fingerprint density at radius 3 is 1.94 bits per heavy atom. The highest BCUT2D eigenvalue weighted by molar-refractivity contribution is 8.00. The van der Waals surface area contributed by atoms with Gasteiger partial charge in [0.15, 0.2) is 12.4 Å². The lowest BCUT2D eigenvalue weighted by atomic mass is 10.0. The Labute approximate surface area is 486 Å². The van der Waals surface area contributed by atoms with E-state index in [0.29, 0.717) is 67.0 Å². The third kappa shape index (κ3) is 23.9. The first-order valence-corrected chi connectivity index (χ1v) is 29.1. The first-order chi connectivity index (χ1) is 39.4. The second-order valence-electron chi connectivity index (χ2n) is 21.3. The predicted molar refractivity (Wildman–Crippen MR) is 305 cm³/mol. The van der Waals surface area contributed by atoms with Crippen LogP contribution in [0.1, 0.15) is 138 Å². The number of carbonyl (C=O) groups excluding carboxylic acids is 10. The van der Waals surface area contributed by atoms with Gasteiger partial charge in [-0.1, -0.05) is 57.0 Å². The lowest BCUT2D eigenvalue weighted by Gasteiger charge is -2.27. The number of esters is 1. The van der Waals surface area contributed by atoms with Crippen LogP contribution in [0.25, 0.3) is 0 Å². The lowest BCUT2D eigenvalue weighted by molar-refractivity contribution is -0.141. The van der Waals surface area contributed by atoms with E-state index in [0.717, 1.165) is 18.6 Å². The number of carboxylic acids is 2. The Bertz CT molecular complexity index is 2600. The standard InChI is InChI=1S/C57H81N9O16S/c1-32(2)50(55(79)62-40(29-48(74)75)43(69)30-82-56(80)49-33(3)14-13-15-34(49)4)65-54(78)39(24-25-47(72)73)61-46(71)19-7-6-11-27-59-52(76)41(28-36-20-22-37(68)23-21-36)63-53(77)38(60-35(5)67)16-10-12-26-58-45(70)18-9-8-17-44-51-42(31-83-44)64-57(81)66-51/h13-15,20-23,32,38-42,44,50-51,68H,6-12,16-19,24-31H2,1-5H3,(H,58,70)(H,59,76)(H,60,67)(H,61,71)(H,62,79)(H,63,77)(H,65,78)(H,72,73)(H,74,75)(H2,64,66,81)/t38-,39-,40-,41-,42+,44+,50-,51+/m0/s1. The zero-order chi connectivity index (χ0) is 61.2. The molecule has 2 aliphatic rings. The molecule has 0 spiro atoms. The number of hydrogen-bond acceptors (Lipinski definition) is 15. The van der Waals surface area contributed by atoms with Crippen LogP contribution in [0.4, 0.5) is 4.79 Å². The zero-order valence-electron chi connectivity index (χ0n) is 47.7. The van der Waals surface area contributed by atoms with E-state index >= 15 is 0 Å². The molecule has 2 saturated heterocycles. The number of ketones is 1. The van der Waals surface area contributed by atoms with E-state index in [-0.39, 0.29) is 74.0 Å². The van der Waals surface area contributed by atoms with E-state index in [1.807, 2.05) is 11.8 Å². The highest BCUT2D eigenvalue weighted by Gasteiger charge is 2.42. The summed E-state index contributed by atoms with van der Waals surface area (Å²) < 4.78 is 5.19. The fourth-order valence-electron chi connectivity index (χ4n) is 9.57. The Morgan fingerprint density at radius 2 is 1.28 bits per heavy atom. The molecular formula is C57H81N9O16S. The first kappa shape index (κ1) is 67.7. The Kier molecular flexibility index (Phi) is 28.3. The summed E-state index contributed by atoms with van der Waals surface area (Å²) in [5.41, 5.74) is 2.01. The number of unbranched alkanes of at least 4 members (excludes halogenated alkanes) is 4. The van der Waals surface area contributed by atoms with Crippen LogP contribution in [0, 0.1) is 19.8 Å². The van der Waals surface area contributed by atoms with Crippen LogP contribution in [-0.4, -0.2) is 159 Å². The number of aliphatic carboxylic acids is 2. The largest absolute Gasteiger partial charge is 0.508 e. The Balaban J connectivity index is 1.24. The number of amides is 9. The van der Waals surface area contributed by atoms with E-state index in [1.54, 1.807) is 58.0 Å². The monoisotopic (exact) mass is 1180 g/mol. The van der Waals surface area contributed by atoms with E-state index in [9.17, 15) is 72.9 Å². The molecule has 0 unspecified atom stereocenters. The maximum Gasteiger partial charge on any atom is 0.339 e. The van der Waals surface area contributed by atoms with Crippen molar-refractivity contribution in [2.75, 3.05) is 25.4 Å². The van der Waals surface area contributed by atoms with Crippen LogP contribution in [0.5, 0.6) is 5.75 Å². The number of aromatic hydroxyl groups is 1. The zero-order valence-corrected chi connectivity index (χ0v) is 48.5. The molecule has 0 aromatic heterocycles. The fraction of sp³-hybridized carbons (Fsp3) is 0.579. The number of urea groups is 1. The number of Topliss-reactive ketones (excluding diaryl/α,β-unsaturated/α-hetero) is 1. The van der Waals surface area contributed by atoms with Gasteiger partial charge in [0.2, 0.25) is 41.4 Å². The number of carboxylic acid groups (broad SMARTS) is 2. The number of ether oxygens (including phenoxy) is 1. The average molecular weight is 1180 g/mol. The van der Waals surface area contributed by atoms with Crippen molar-refractivity contribution in [3.8, 4) is 5.75 Å². The van der Waals surface area contributed by atoms with Gasteiger partial charge < -0.3 is 67.9 Å². The summed E-state index contributed by atoms with van der Waals surface area (Å²) in [7, 11) is 0. The maximum atomic E-state index is 13.7. The van der Waals surface area contributed by atoms with E-state index in [1.165, 1.54) is 19.1 Å². The van der Waals surface area contributed by atoms with Gasteiger partial charge in [-0.3, -0.25) is 47.9 Å². The van der Waals surface area contributed by atoms with Crippen LogP contribution < -0.4 is 47.9 Å². The normalized spacial score (nSPS) is 16.9. The second kappa shape index (κ2) is 34.6. The predicted octanol–water partition coefficient (Wildman–Crippen LogP) is 2.11. The summed E-state index contributed by atoms with van der Waals surface area (Å²) in [6.07, 6.45) is 3.17. The molecule has 83 heavy (non-hydrogen) atoms. The van der Waals surface area contributed by atoms with Crippen molar-refractivity contribution in [3.63, 3.8) is 0 Å². The molecule has 8 atom stereocenters. The molecule has 2 aliphatic heterocycles. The molecule has 2 fully saturated rings. The van der Waals surface area contributed by atoms with E-state index < -0.39 is 115 Å². The molecule has 0 aliphatic carbocycles. The Hall–Kier alpha value is -7.77. The van der Waals surface area contributed by atoms with Gasteiger partial charge in [-0.15, -0.1) is 0 Å². The quantitative estimate of drug-likeness (QED) is 0.0262. The van der Waals surface area contributed by atoms with Gasteiger partial charge in [0, 0.05) is 56.7 Å². The maximum absolute atomic E-state index is 13.7. The van der Waals surface area contributed by atoms with Gasteiger partial charge in [-0.2, -0.15) is 11.8 Å². The summed E-state index contributed by atoms with van der Waals surface area (Å²) in [5, 5.41) is 53.5. The van der Waals surface area contributed by atoms with Gasteiger partial charge in [-0.25, -0.2) is 9.59 Å². The molecule has 0 bridgehead atoms. The summed E-state index contributed by atoms with van der Waals surface area (Å²) in [4.78, 5) is 153. The van der Waals surface area contributed by atoms with Crippen molar-refractivity contribution in [1.29, 1.82) is 0 Å². The second-order valence-corrected chi connectivity index (χ2v) is 22.5. The molecule has 2 heterocycles. The molecule has 4 rings (SSSR count). The summed E-state index contributed by atoms with van der Waals surface area (Å²) in [6.45, 7) is 7.34. The van der Waals surface area contributed by atoms with Crippen LogP contribution in [0.2, 0.25) is 0 Å². The number of phenols is 1. The van der Waals surface area contributed by atoms with Crippen LogP contribution >= 0.6 is 11.8 Å². The summed E-state index contributed by atoms with van der Waals surface area (Å²) in [6, 6.07) is 4.69. The lowest BCUT2D eigenvalue weighted by Crippen LogP contribution is -2.57. The third-order valence-electron chi connectivity index (χ3n) is 14.1. The number of nitrogens with one attached hydrogen (secondary N) is 9. The minimum absolute atomic E-state index is 0.00261. The van der Waals surface area contributed by atoms with Gasteiger partial charge >= 0.3 is 23.9 Å². The molecule has 0 saturated carbocycles. The number of hydrogen-bond donors (Lipinski definition) is 12. The molecule has 26 heteroatoms. The number of benzene rings is 2. The number of thioether (sulfide) groups is 1. The number of carbonyl (C=O) groups is 12. The molecule has 456 valence electrons. The minimum Gasteiger partial charge on any atom is -0.508 e. The van der Waals surface area contributed by atoms with Crippen LogP contribution in [0.3, 0.4) is 0 Å². The van der Waals surface area contributed by atoms with Gasteiger partial charge in [0.25, 0.3) is 0 Å². The molecular weight excluding hydrogens is 1100 g/mol. The van der Waals surface area contributed by atoms with Gasteiger partial charge in [0.1, 0.15) is 36.0 Å². The topological polar surface area (TPSA) is 383 Å². The molecule has 9 amide bonds. The number of aryl methyl sites for hydroxylation is 2. The third-order valence-corrected chi connectivity index (χ3v) is 15.6. The molecule has 2 aromatic carbocycles. The van der Waals surface area contributed by atoms with Crippen molar-refractivity contribution in [2.24, 2.45) is 5.92 Å². The molecule has 2 aromatic rings. The van der Waals surface area contributed by atoms with Gasteiger partial charge in [0.05, 0.1) is 24.1 Å². The van der Waals surface area contributed by atoms with Crippen molar-refractivity contribution >= 4 is 82.8 Å². The summed E-state index contributed by atoms with van der Waals surface area (Å²) in [5.74, 6) is -8.49. The number of fused-ring (bicyclic) bond motifs is 1. The smallest absolute Gasteiger partial charge is 0.339 e. The number of phenolic OH excluding ortho intramolecular Hbond substituents is 1. The Morgan fingerprint density at radius 1 is 0.651 bits per heavy atom. The fourth-order valence-corrected chi connectivity index (χ4v) is 11.1. The van der Waals surface area contributed by atoms with E-state index in [2.05, 4.69) is 47.9 Å². The van der Waals surface area contributed by atoms with Crippen molar-refractivity contribution in [3.05, 3.63) is 64.7 Å². The molecule has 25 nitrogen and oxygen atoms in total. The summed E-state index contributed by atoms with van der Waals surface area (Å²) >= 11 is 1.83. The number of rotatable bonds is 37. The van der Waals surface area contributed by atoms with Gasteiger partial charge in [-0.05, 0) is 100.0 Å². The van der Waals surface area contributed by atoms with Crippen LogP contribution in [-0.2, 0) is 59.1 Å². The first-order valence-electron chi connectivity index (χ1n) is 28.1. The van der Waals surface area contributed by atoms with E-state index in [4.69, 9.17) is 4.74 Å². The minimum atomic E-state index is -1.67. The van der Waals surface area contributed by atoms with Crippen molar-refractivity contribution in [1.82, 2.24) is 47.9 Å². The average Bonchev–Trinajstić information content (AvgIpc) is 3.90. The molecule has 12 N–H and O–H groups in total. The highest BCUT2D eigenvalue weighted by Crippen LogP contribution is 2.33. The SMILES string of the molecule is CC(=O)N[C@@H](CCCCNC(=O)CCCC[C@H]1SC[C@H]2NC(=O)N[C@H]21)C(=O)N[C@@H](Cc1ccc(O)cc1)C(=O)NCCCCCC(=O)N[C@@H](CCC(=O)O)C(=O)N[C@H](C(=O)N[C@@H](CC(=O)O)C(=O)COC(=O)c1c(C)cccc1C)C(C)C. The van der Waals surface area contributed by atoms with Crippen molar-refractivity contribution < 1.29 is 77.6 Å². The molecule has 0 radical (unpaired) electrons. The van der Waals surface area contributed by atoms with Crippen molar-refractivity contribution in [2.45, 2.75) is 178 Å².